The molecular formula is C19H18N2O5S. The van der Waals surface area contributed by atoms with Crippen molar-refractivity contribution in [3.8, 4) is 17.6 Å². The summed E-state index contributed by atoms with van der Waals surface area (Å²) in [7, 11) is 2.94. The van der Waals surface area contributed by atoms with Gasteiger partial charge in [0.25, 0.3) is 5.91 Å². The minimum Gasteiger partial charge on any atom is -0.497 e. The van der Waals surface area contributed by atoms with Crippen LogP contribution in [0.25, 0.3) is 0 Å². The van der Waals surface area contributed by atoms with E-state index in [1.54, 1.807) is 12.1 Å². The number of methoxy groups -OCH3 is 2. The fraction of sp³-hybridized carbons (Fsp3) is 0.316. The summed E-state index contributed by atoms with van der Waals surface area (Å²) in [6, 6.07) is 6.83. The first-order valence-electron chi connectivity index (χ1n) is 8.31. The maximum absolute atomic E-state index is 12.2. The molecule has 0 atom stereocenters. The monoisotopic (exact) mass is 386 g/mol. The molecule has 7 nitrogen and oxygen atoms in total. The number of rotatable bonds is 6. The number of ether oxygens (including phenoxy) is 3. The number of thiophene rings is 1. The largest absolute Gasteiger partial charge is 0.497 e. The van der Waals surface area contributed by atoms with Gasteiger partial charge in [0.2, 0.25) is 0 Å². The standard InChI is InChI=1S/C19H18N2O5S/c1-24-11-6-7-13(15(8-11)25-2)19(23)26-10-17(22)21-18-14(9-20)12-4-3-5-16(12)27-18/h6-8H,3-5,10H2,1-2H3,(H,21,22). The van der Waals surface area contributed by atoms with E-state index in [0.717, 1.165) is 29.7 Å². The lowest BCUT2D eigenvalue weighted by molar-refractivity contribution is -0.119. The van der Waals surface area contributed by atoms with Crippen LogP contribution in [-0.2, 0) is 22.4 Å². The van der Waals surface area contributed by atoms with E-state index in [2.05, 4.69) is 11.4 Å². The third-order valence-corrected chi connectivity index (χ3v) is 5.46. The Labute approximate surface area is 160 Å². The molecule has 0 aliphatic heterocycles. The van der Waals surface area contributed by atoms with Gasteiger partial charge in [0.1, 0.15) is 28.1 Å². The van der Waals surface area contributed by atoms with Gasteiger partial charge in [-0.3, -0.25) is 4.79 Å². The highest BCUT2D eigenvalue weighted by Gasteiger charge is 2.23. The van der Waals surface area contributed by atoms with Gasteiger partial charge in [0.15, 0.2) is 6.61 Å². The molecule has 1 aliphatic rings. The molecule has 1 aromatic carbocycles. The Hall–Kier alpha value is -3.05. The van der Waals surface area contributed by atoms with Crippen LogP contribution < -0.4 is 14.8 Å². The maximum atomic E-state index is 12.2. The SMILES string of the molecule is COc1ccc(C(=O)OCC(=O)Nc2sc3c(c2C#N)CCC3)c(OC)c1. The van der Waals surface area contributed by atoms with Gasteiger partial charge in [-0.1, -0.05) is 0 Å². The Kier molecular flexibility index (Phi) is 5.62. The van der Waals surface area contributed by atoms with Crippen LogP contribution >= 0.6 is 11.3 Å². The lowest BCUT2D eigenvalue weighted by Crippen LogP contribution is -2.21. The highest BCUT2D eigenvalue weighted by Crippen LogP contribution is 2.38. The van der Waals surface area contributed by atoms with E-state index in [1.807, 2.05) is 0 Å². The fourth-order valence-corrected chi connectivity index (χ4v) is 4.21. The van der Waals surface area contributed by atoms with Crippen molar-refractivity contribution < 1.29 is 23.8 Å². The van der Waals surface area contributed by atoms with Crippen molar-refractivity contribution >= 4 is 28.2 Å². The van der Waals surface area contributed by atoms with E-state index >= 15 is 0 Å². The number of fused-ring (bicyclic) bond motifs is 1. The zero-order valence-corrected chi connectivity index (χ0v) is 15.8. The second kappa shape index (κ2) is 8.10. The summed E-state index contributed by atoms with van der Waals surface area (Å²) in [5.41, 5.74) is 1.74. The molecule has 0 unspecified atom stereocenters. The van der Waals surface area contributed by atoms with Gasteiger partial charge < -0.3 is 19.5 Å². The van der Waals surface area contributed by atoms with Crippen molar-refractivity contribution in [3.63, 3.8) is 0 Å². The number of nitrogens with zero attached hydrogens (tertiary/aromatic N) is 1. The zero-order valence-electron chi connectivity index (χ0n) is 15.0. The van der Waals surface area contributed by atoms with Crippen LogP contribution in [0.5, 0.6) is 11.5 Å². The van der Waals surface area contributed by atoms with Gasteiger partial charge in [0.05, 0.1) is 19.8 Å². The number of benzene rings is 1. The number of esters is 1. The van der Waals surface area contributed by atoms with Crippen molar-refractivity contribution in [2.75, 3.05) is 26.1 Å². The normalized spacial score (nSPS) is 12.0. The molecule has 27 heavy (non-hydrogen) atoms. The van der Waals surface area contributed by atoms with Crippen LogP contribution in [0.2, 0.25) is 0 Å². The number of hydrogen-bond donors (Lipinski definition) is 1. The summed E-state index contributed by atoms with van der Waals surface area (Å²) in [6.45, 7) is -0.457. The minimum atomic E-state index is -0.682. The van der Waals surface area contributed by atoms with E-state index < -0.39 is 18.5 Å². The summed E-state index contributed by atoms with van der Waals surface area (Å²) in [5.74, 6) is -0.344. The van der Waals surface area contributed by atoms with Crippen LogP contribution in [0, 0.1) is 11.3 Å². The van der Waals surface area contributed by atoms with Crippen molar-refractivity contribution in [1.82, 2.24) is 0 Å². The predicted octanol–water partition coefficient (Wildman–Crippen LogP) is 2.92. The smallest absolute Gasteiger partial charge is 0.342 e. The third kappa shape index (κ3) is 3.88. The molecule has 0 fully saturated rings. The van der Waals surface area contributed by atoms with E-state index in [-0.39, 0.29) is 5.56 Å². The summed E-state index contributed by atoms with van der Waals surface area (Å²) in [5, 5.41) is 12.5. The summed E-state index contributed by atoms with van der Waals surface area (Å²) in [6.07, 6.45) is 2.82. The Morgan fingerprint density at radius 1 is 1.26 bits per heavy atom. The summed E-state index contributed by atoms with van der Waals surface area (Å²) >= 11 is 1.41. The highest BCUT2D eigenvalue weighted by molar-refractivity contribution is 7.16. The Morgan fingerprint density at radius 2 is 2.07 bits per heavy atom. The first-order valence-corrected chi connectivity index (χ1v) is 9.12. The Bertz CT molecular complexity index is 929. The third-order valence-electron chi connectivity index (χ3n) is 4.25. The fourth-order valence-electron chi connectivity index (χ4n) is 2.95. The molecule has 2 aromatic rings. The number of hydrogen-bond acceptors (Lipinski definition) is 7. The van der Waals surface area contributed by atoms with Crippen LogP contribution in [0.15, 0.2) is 18.2 Å². The summed E-state index contributed by atoms with van der Waals surface area (Å²) in [4.78, 5) is 25.5. The molecule has 1 heterocycles. The van der Waals surface area contributed by atoms with Crippen molar-refractivity contribution in [3.05, 3.63) is 39.8 Å². The van der Waals surface area contributed by atoms with E-state index in [9.17, 15) is 14.9 Å². The molecule has 140 valence electrons. The molecule has 0 saturated heterocycles. The number of aryl methyl sites for hydroxylation is 1. The van der Waals surface area contributed by atoms with Gasteiger partial charge in [-0.15, -0.1) is 11.3 Å². The molecule has 0 saturated carbocycles. The number of carbonyl (C=O) groups is 2. The number of carbonyl (C=O) groups excluding carboxylic acids is 2. The number of nitriles is 1. The van der Waals surface area contributed by atoms with Gasteiger partial charge in [-0.25, -0.2) is 4.79 Å². The first kappa shape index (κ1) is 18.7. The van der Waals surface area contributed by atoms with Crippen molar-refractivity contribution in [1.29, 1.82) is 5.26 Å². The topological polar surface area (TPSA) is 97.6 Å². The van der Waals surface area contributed by atoms with E-state index in [1.165, 1.54) is 31.6 Å². The van der Waals surface area contributed by atoms with Crippen LogP contribution in [0.1, 0.15) is 32.8 Å². The maximum Gasteiger partial charge on any atom is 0.342 e. The minimum absolute atomic E-state index is 0.193. The molecule has 1 amide bonds. The quantitative estimate of drug-likeness (QED) is 0.767. The first-order chi connectivity index (χ1) is 13.1. The second-order valence-corrected chi connectivity index (χ2v) is 6.97. The van der Waals surface area contributed by atoms with Gasteiger partial charge in [-0.2, -0.15) is 5.26 Å². The average molecular weight is 386 g/mol. The zero-order chi connectivity index (χ0) is 19.4. The lowest BCUT2D eigenvalue weighted by Gasteiger charge is -2.10. The van der Waals surface area contributed by atoms with E-state index in [0.29, 0.717) is 22.1 Å². The Morgan fingerprint density at radius 3 is 2.78 bits per heavy atom. The van der Waals surface area contributed by atoms with Crippen LogP contribution in [0.3, 0.4) is 0 Å². The molecule has 1 N–H and O–H groups in total. The summed E-state index contributed by atoms with van der Waals surface area (Å²) < 4.78 is 15.3. The molecular weight excluding hydrogens is 368 g/mol. The number of amides is 1. The van der Waals surface area contributed by atoms with Crippen LogP contribution in [0.4, 0.5) is 5.00 Å². The second-order valence-electron chi connectivity index (χ2n) is 5.86. The highest BCUT2D eigenvalue weighted by atomic mass is 32.1. The van der Waals surface area contributed by atoms with E-state index in [4.69, 9.17) is 14.2 Å². The van der Waals surface area contributed by atoms with Crippen molar-refractivity contribution in [2.24, 2.45) is 0 Å². The predicted molar refractivity (Wildman–Crippen MR) is 99.5 cm³/mol. The average Bonchev–Trinajstić information content (AvgIpc) is 3.26. The molecule has 0 spiro atoms. The van der Waals surface area contributed by atoms with Crippen LogP contribution in [-0.4, -0.2) is 32.7 Å². The molecule has 0 bridgehead atoms. The molecule has 8 heteroatoms. The van der Waals surface area contributed by atoms with Gasteiger partial charge in [0, 0.05) is 10.9 Å². The number of anilines is 1. The number of nitrogens with one attached hydrogen (secondary N) is 1. The van der Waals surface area contributed by atoms with Crippen molar-refractivity contribution in [2.45, 2.75) is 19.3 Å². The molecule has 1 aromatic heterocycles. The molecule has 0 radical (unpaired) electrons. The molecule has 3 rings (SSSR count). The Balaban J connectivity index is 1.63. The molecule has 1 aliphatic carbocycles. The van der Waals surface area contributed by atoms with Gasteiger partial charge in [-0.05, 0) is 37.0 Å². The lowest BCUT2D eigenvalue weighted by atomic mass is 10.1. The van der Waals surface area contributed by atoms with Gasteiger partial charge >= 0.3 is 5.97 Å².